The Labute approximate surface area is 197 Å². The van der Waals surface area contributed by atoms with Gasteiger partial charge in [0.05, 0.1) is 16.8 Å². The summed E-state index contributed by atoms with van der Waals surface area (Å²) >= 11 is 9.22. The second-order valence-corrected chi connectivity index (χ2v) is 9.93. The normalized spacial score (nSPS) is 11.3. The van der Waals surface area contributed by atoms with Crippen LogP contribution in [0.3, 0.4) is 0 Å². The van der Waals surface area contributed by atoms with Gasteiger partial charge in [0.15, 0.2) is 5.13 Å². The third-order valence-electron chi connectivity index (χ3n) is 4.58. The third kappa shape index (κ3) is 7.10. The standard InChI is InChI=1S/C23H28ClN3O2S2/c1-4-29-18-9-12-20-21(16-18)31-23(25-20)27(14-13-26(2)3)22(28)6-5-15-30-19-10-7-17(24)8-11-19/h7-12,16H,4-6,13-15H2,1-3H3. The molecule has 0 saturated heterocycles. The Morgan fingerprint density at radius 1 is 1.16 bits per heavy atom. The van der Waals surface area contributed by atoms with Crippen LogP contribution in [0.1, 0.15) is 19.8 Å². The van der Waals surface area contributed by atoms with Crippen LogP contribution < -0.4 is 9.64 Å². The van der Waals surface area contributed by atoms with Gasteiger partial charge in [0.2, 0.25) is 5.91 Å². The number of thiazole rings is 1. The van der Waals surface area contributed by atoms with Gasteiger partial charge in [0.25, 0.3) is 0 Å². The number of carbonyl (C=O) groups is 1. The number of hydrogen-bond donors (Lipinski definition) is 0. The van der Waals surface area contributed by atoms with Gasteiger partial charge in [-0.2, -0.15) is 0 Å². The molecule has 0 saturated carbocycles. The van der Waals surface area contributed by atoms with Crippen molar-refractivity contribution in [3.8, 4) is 5.75 Å². The lowest BCUT2D eigenvalue weighted by atomic mass is 10.3. The Balaban J connectivity index is 1.65. The molecular formula is C23H28ClN3O2S2. The summed E-state index contributed by atoms with van der Waals surface area (Å²) in [5.74, 6) is 1.82. The van der Waals surface area contributed by atoms with E-state index >= 15 is 0 Å². The Morgan fingerprint density at radius 3 is 2.65 bits per heavy atom. The first-order valence-electron chi connectivity index (χ1n) is 10.3. The van der Waals surface area contributed by atoms with Crippen LogP contribution in [0.4, 0.5) is 5.13 Å². The molecule has 0 spiro atoms. The fraction of sp³-hybridized carbons (Fsp3) is 0.391. The van der Waals surface area contributed by atoms with Crippen LogP contribution in [0.2, 0.25) is 5.02 Å². The maximum Gasteiger partial charge on any atom is 0.228 e. The fourth-order valence-corrected chi connectivity index (χ4v) is 4.99. The first kappa shape index (κ1) is 23.9. The summed E-state index contributed by atoms with van der Waals surface area (Å²) in [6, 6.07) is 13.7. The number of aromatic nitrogens is 1. The lowest BCUT2D eigenvalue weighted by Gasteiger charge is -2.22. The first-order valence-corrected chi connectivity index (χ1v) is 12.5. The average Bonchev–Trinajstić information content (AvgIpc) is 3.15. The quantitative estimate of drug-likeness (QED) is 0.257. The molecule has 1 amide bonds. The van der Waals surface area contributed by atoms with Gasteiger partial charge in [-0.1, -0.05) is 22.9 Å². The minimum Gasteiger partial charge on any atom is -0.494 e. The van der Waals surface area contributed by atoms with Crippen molar-refractivity contribution in [3.05, 3.63) is 47.5 Å². The van der Waals surface area contributed by atoms with E-state index in [4.69, 9.17) is 21.3 Å². The molecule has 0 bridgehead atoms. The molecule has 8 heteroatoms. The Bertz CT molecular complexity index is 992. The number of carbonyl (C=O) groups excluding carboxylic acids is 1. The Hall–Kier alpha value is -1.80. The summed E-state index contributed by atoms with van der Waals surface area (Å²) in [6.45, 7) is 3.99. The summed E-state index contributed by atoms with van der Waals surface area (Å²) in [4.78, 5) is 22.9. The molecule has 3 aromatic rings. The Morgan fingerprint density at radius 2 is 1.94 bits per heavy atom. The summed E-state index contributed by atoms with van der Waals surface area (Å²) in [5, 5.41) is 1.49. The van der Waals surface area contributed by atoms with E-state index in [-0.39, 0.29) is 5.91 Å². The molecule has 166 valence electrons. The Kier molecular flexibility index (Phi) is 9.02. The lowest BCUT2D eigenvalue weighted by Crippen LogP contribution is -2.36. The molecule has 1 aromatic heterocycles. The predicted molar refractivity (Wildman–Crippen MR) is 133 cm³/mol. The van der Waals surface area contributed by atoms with Gasteiger partial charge in [-0.15, -0.1) is 11.8 Å². The zero-order chi connectivity index (χ0) is 22.2. The third-order valence-corrected chi connectivity index (χ3v) is 6.97. The van der Waals surface area contributed by atoms with Gasteiger partial charge < -0.3 is 9.64 Å². The average molecular weight is 478 g/mol. The van der Waals surface area contributed by atoms with Crippen molar-refractivity contribution in [2.24, 2.45) is 0 Å². The molecule has 0 aliphatic rings. The molecule has 0 aliphatic heterocycles. The summed E-state index contributed by atoms with van der Waals surface area (Å²) in [7, 11) is 4.02. The van der Waals surface area contributed by atoms with E-state index in [0.29, 0.717) is 19.6 Å². The molecule has 0 atom stereocenters. The van der Waals surface area contributed by atoms with Gasteiger partial charge >= 0.3 is 0 Å². The van der Waals surface area contributed by atoms with Gasteiger partial charge in [-0.05, 0) is 75.7 Å². The molecule has 0 unspecified atom stereocenters. The van der Waals surface area contributed by atoms with Crippen molar-refractivity contribution in [3.63, 3.8) is 0 Å². The molecule has 3 rings (SSSR count). The molecule has 1 heterocycles. The van der Waals surface area contributed by atoms with E-state index in [2.05, 4.69) is 4.90 Å². The smallest absolute Gasteiger partial charge is 0.228 e. The van der Waals surface area contributed by atoms with Crippen molar-refractivity contribution in [2.45, 2.75) is 24.7 Å². The van der Waals surface area contributed by atoms with Crippen LogP contribution >= 0.6 is 34.7 Å². The minimum absolute atomic E-state index is 0.114. The molecule has 0 fully saturated rings. The minimum atomic E-state index is 0.114. The molecule has 31 heavy (non-hydrogen) atoms. The number of benzene rings is 2. The number of fused-ring (bicyclic) bond motifs is 1. The number of anilines is 1. The number of rotatable bonds is 11. The zero-order valence-electron chi connectivity index (χ0n) is 18.1. The lowest BCUT2D eigenvalue weighted by molar-refractivity contribution is -0.118. The number of thioether (sulfide) groups is 1. The maximum atomic E-state index is 13.1. The van der Waals surface area contributed by atoms with Gasteiger partial charge in [-0.25, -0.2) is 4.98 Å². The summed E-state index contributed by atoms with van der Waals surface area (Å²) in [6.07, 6.45) is 1.30. The highest BCUT2D eigenvalue weighted by Gasteiger charge is 2.20. The van der Waals surface area contributed by atoms with Gasteiger partial charge in [-0.3, -0.25) is 9.69 Å². The van der Waals surface area contributed by atoms with Gasteiger partial charge in [0, 0.05) is 29.4 Å². The van der Waals surface area contributed by atoms with Crippen LogP contribution in [0.5, 0.6) is 5.75 Å². The molecule has 0 radical (unpaired) electrons. The molecule has 0 aliphatic carbocycles. The predicted octanol–water partition coefficient (Wildman–Crippen LogP) is 5.82. The molecular weight excluding hydrogens is 450 g/mol. The van der Waals surface area contributed by atoms with Crippen LogP contribution in [-0.2, 0) is 4.79 Å². The monoisotopic (exact) mass is 477 g/mol. The maximum absolute atomic E-state index is 13.1. The van der Waals surface area contributed by atoms with Crippen molar-refractivity contribution >= 4 is 56.0 Å². The second kappa shape index (κ2) is 11.7. The SMILES string of the molecule is CCOc1ccc2nc(N(CCN(C)C)C(=O)CCCSc3ccc(Cl)cc3)sc2c1. The van der Waals surface area contributed by atoms with Crippen LogP contribution in [0.15, 0.2) is 47.4 Å². The highest BCUT2D eigenvalue weighted by molar-refractivity contribution is 7.99. The zero-order valence-corrected chi connectivity index (χ0v) is 20.5. The van der Waals surface area contributed by atoms with Crippen molar-refractivity contribution < 1.29 is 9.53 Å². The number of ether oxygens (including phenoxy) is 1. The highest BCUT2D eigenvalue weighted by atomic mass is 35.5. The van der Waals surface area contributed by atoms with Gasteiger partial charge in [0.1, 0.15) is 5.75 Å². The van der Waals surface area contributed by atoms with Crippen LogP contribution in [0, 0.1) is 0 Å². The van der Waals surface area contributed by atoms with E-state index < -0.39 is 0 Å². The van der Waals surface area contributed by atoms with Crippen molar-refractivity contribution in [1.82, 2.24) is 9.88 Å². The number of amides is 1. The highest BCUT2D eigenvalue weighted by Crippen LogP contribution is 2.32. The number of likely N-dealkylation sites (N-methyl/N-ethyl adjacent to an activating group) is 1. The van der Waals surface area contributed by atoms with E-state index in [1.54, 1.807) is 23.1 Å². The molecule has 5 nitrogen and oxygen atoms in total. The second-order valence-electron chi connectivity index (χ2n) is 7.31. The number of halogens is 1. The summed E-state index contributed by atoms with van der Waals surface area (Å²) in [5.41, 5.74) is 0.893. The van der Waals surface area contributed by atoms with Crippen LogP contribution in [-0.4, -0.2) is 55.3 Å². The van der Waals surface area contributed by atoms with E-state index in [1.165, 1.54) is 0 Å². The molecule has 0 N–H and O–H groups in total. The van der Waals surface area contributed by atoms with E-state index in [0.717, 1.165) is 49.7 Å². The number of hydrogen-bond acceptors (Lipinski definition) is 6. The first-order chi connectivity index (χ1) is 15.0. The molecule has 2 aromatic carbocycles. The fourth-order valence-electron chi connectivity index (χ4n) is 2.97. The van der Waals surface area contributed by atoms with E-state index in [9.17, 15) is 4.79 Å². The van der Waals surface area contributed by atoms with Crippen molar-refractivity contribution in [2.75, 3.05) is 44.4 Å². The number of nitrogens with zero attached hydrogens (tertiary/aromatic N) is 3. The van der Waals surface area contributed by atoms with E-state index in [1.807, 2.05) is 68.4 Å². The van der Waals surface area contributed by atoms with Crippen LogP contribution in [0.25, 0.3) is 10.2 Å². The van der Waals surface area contributed by atoms with Crippen molar-refractivity contribution in [1.29, 1.82) is 0 Å². The summed E-state index contributed by atoms with van der Waals surface area (Å²) < 4.78 is 6.63. The topological polar surface area (TPSA) is 45.7 Å². The largest absolute Gasteiger partial charge is 0.494 e.